The van der Waals surface area contributed by atoms with Gasteiger partial charge in [-0.2, -0.15) is 0 Å². The lowest BCUT2D eigenvalue weighted by Gasteiger charge is -2.14. The smallest absolute Gasteiger partial charge is 0.288 e. The molecule has 0 bridgehead atoms. The summed E-state index contributed by atoms with van der Waals surface area (Å²) in [5.74, 6) is 0.566. The van der Waals surface area contributed by atoms with E-state index in [-0.39, 0.29) is 22.0 Å². The van der Waals surface area contributed by atoms with E-state index in [2.05, 4.69) is 14.9 Å². The summed E-state index contributed by atoms with van der Waals surface area (Å²) >= 11 is 0. The van der Waals surface area contributed by atoms with Gasteiger partial charge >= 0.3 is 0 Å². The van der Waals surface area contributed by atoms with Crippen LogP contribution in [-0.4, -0.2) is 24.6 Å². The first-order valence-corrected chi connectivity index (χ1v) is 10.4. The number of aromatic amines is 1. The van der Waals surface area contributed by atoms with Crippen LogP contribution in [0, 0.1) is 18.8 Å². The van der Waals surface area contributed by atoms with Crippen LogP contribution >= 0.6 is 0 Å². The zero-order valence-electron chi connectivity index (χ0n) is 15.2. The highest BCUT2D eigenvalue weighted by Crippen LogP contribution is 2.32. The van der Waals surface area contributed by atoms with Gasteiger partial charge in [0.2, 0.25) is 16.2 Å². The van der Waals surface area contributed by atoms with Crippen LogP contribution in [-0.2, 0) is 10.0 Å². The fourth-order valence-electron chi connectivity index (χ4n) is 3.77. The monoisotopic (exact) mass is 389 g/mol. The largest absolute Gasteiger partial charge is 0.361 e. The van der Waals surface area contributed by atoms with Crippen LogP contribution in [0.3, 0.4) is 0 Å². The van der Waals surface area contributed by atoms with Crippen molar-refractivity contribution in [3.05, 3.63) is 40.9 Å². The second kappa shape index (κ2) is 6.58. The third kappa shape index (κ3) is 3.17. The molecule has 0 saturated heterocycles. The number of benzene rings is 1. The summed E-state index contributed by atoms with van der Waals surface area (Å²) in [5, 5.41) is 3.94. The first kappa shape index (κ1) is 17.9. The lowest BCUT2D eigenvalue weighted by atomic mass is 10.0. The molecule has 0 atom stereocenters. The second-order valence-electron chi connectivity index (χ2n) is 6.96. The van der Waals surface area contributed by atoms with E-state index in [1.54, 1.807) is 26.0 Å². The van der Waals surface area contributed by atoms with E-state index in [0.29, 0.717) is 27.0 Å². The fourth-order valence-corrected chi connectivity index (χ4v) is 5.28. The highest BCUT2D eigenvalue weighted by Gasteiger charge is 2.28. The Labute approximate surface area is 156 Å². The van der Waals surface area contributed by atoms with Crippen LogP contribution < -0.4 is 9.15 Å². The number of sulfonamides is 1. The van der Waals surface area contributed by atoms with Gasteiger partial charge in [0.05, 0.1) is 16.3 Å². The molecule has 27 heavy (non-hydrogen) atoms. The fraction of sp³-hybridized carbons (Fsp3) is 0.389. The van der Waals surface area contributed by atoms with Crippen molar-refractivity contribution in [2.75, 3.05) is 0 Å². The lowest BCUT2D eigenvalue weighted by molar-refractivity contribution is -0.464. The number of hydrogen-bond donors (Lipinski definition) is 2. The summed E-state index contributed by atoms with van der Waals surface area (Å²) < 4.78 is 34.9. The van der Waals surface area contributed by atoms with Gasteiger partial charge in [-0.3, -0.25) is 0 Å². The van der Waals surface area contributed by atoms with E-state index in [0.717, 1.165) is 25.7 Å². The average Bonchev–Trinajstić information content (AvgIpc) is 3.24. The number of H-pyrrole nitrogens is 1. The van der Waals surface area contributed by atoms with Gasteiger partial charge in [-0.25, -0.2) is 13.1 Å². The molecule has 1 fully saturated rings. The molecule has 2 heterocycles. The summed E-state index contributed by atoms with van der Waals surface area (Å²) in [7, 11) is -3.81. The molecule has 0 amide bonds. The van der Waals surface area contributed by atoms with Crippen molar-refractivity contribution in [2.24, 2.45) is 0 Å². The molecule has 142 valence electrons. The van der Waals surface area contributed by atoms with Crippen molar-refractivity contribution in [3.8, 4) is 11.1 Å². The number of nitrogens with one attached hydrogen (secondary N) is 2. The van der Waals surface area contributed by atoms with Gasteiger partial charge in [0.15, 0.2) is 0 Å². The lowest BCUT2D eigenvalue weighted by Crippen LogP contribution is -2.33. The number of hydrogen-bond acceptors (Lipinski definition) is 5. The van der Waals surface area contributed by atoms with Gasteiger partial charge in [0.1, 0.15) is 16.2 Å². The maximum absolute atomic E-state index is 13.1. The minimum Gasteiger partial charge on any atom is -0.361 e. The molecule has 1 aliphatic carbocycles. The minimum absolute atomic E-state index is 0.0482. The standard InChI is InChI=1S/C18H21N4O4S/c1-11-17(12(2)26-20-11)13-9-15-18(19-7-8-22(15)23)16(10-13)27(24,25)21-14-5-3-4-6-14/h7-10,14,21H,3-6H2,1-2H3,(H,19,23)/q+1. The Morgan fingerprint density at radius 1 is 1.26 bits per heavy atom. The van der Waals surface area contributed by atoms with Crippen LogP contribution in [0.4, 0.5) is 0 Å². The van der Waals surface area contributed by atoms with Crippen LogP contribution in [0.2, 0.25) is 0 Å². The number of nitrogens with zero attached hydrogens (tertiary/aromatic N) is 2. The van der Waals surface area contributed by atoms with Crippen LogP contribution in [0.5, 0.6) is 0 Å². The molecule has 3 aromatic rings. The summed E-state index contributed by atoms with van der Waals surface area (Å²) in [4.78, 5) is 15.3. The third-order valence-corrected chi connectivity index (χ3v) is 6.59. The van der Waals surface area contributed by atoms with E-state index in [4.69, 9.17) is 4.52 Å². The van der Waals surface area contributed by atoms with Crippen molar-refractivity contribution in [1.29, 1.82) is 0 Å². The number of fused-ring (bicyclic) bond motifs is 1. The topological polar surface area (TPSA) is 111 Å². The molecule has 2 N–H and O–H groups in total. The normalized spacial score (nSPS) is 15.6. The van der Waals surface area contributed by atoms with Gasteiger partial charge < -0.3 is 9.51 Å². The molecule has 9 heteroatoms. The van der Waals surface area contributed by atoms with Gasteiger partial charge in [-0.05, 0) is 38.3 Å². The summed E-state index contributed by atoms with van der Waals surface area (Å²) in [6, 6.07) is 3.15. The number of aromatic nitrogens is 3. The van der Waals surface area contributed by atoms with Gasteiger partial charge in [-0.15, -0.1) is 0 Å². The molecule has 1 aromatic carbocycles. The maximum Gasteiger partial charge on any atom is 0.288 e. The molecule has 0 spiro atoms. The van der Waals surface area contributed by atoms with Crippen molar-refractivity contribution >= 4 is 21.1 Å². The molecule has 8 nitrogen and oxygen atoms in total. The summed E-state index contributed by atoms with van der Waals surface area (Å²) in [6.07, 6.45) is 6.41. The van der Waals surface area contributed by atoms with Gasteiger partial charge in [-0.1, -0.05) is 18.0 Å². The zero-order valence-corrected chi connectivity index (χ0v) is 16.0. The Morgan fingerprint density at radius 2 is 2.00 bits per heavy atom. The molecule has 1 saturated carbocycles. The molecule has 0 aliphatic heterocycles. The Hall–Kier alpha value is -2.52. The van der Waals surface area contributed by atoms with Crippen molar-refractivity contribution < 1.29 is 17.4 Å². The van der Waals surface area contributed by atoms with Crippen molar-refractivity contribution in [1.82, 2.24) is 14.9 Å². The molecule has 1 aliphatic rings. The molecule has 4 rings (SSSR count). The van der Waals surface area contributed by atoms with Crippen LogP contribution in [0.15, 0.2) is 33.9 Å². The van der Waals surface area contributed by atoms with E-state index in [9.17, 15) is 13.3 Å². The van der Waals surface area contributed by atoms with Crippen molar-refractivity contribution in [2.45, 2.75) is 50.5 Å². The predicted octanol–water partition coefficient (Wildman–Crippen LogP) is 2.58. The zero-order chi connectivity index (χ0) is 19.2. The number of rotatable bonds is 4. The molecule has 2 aromatic heterocycles. The average molecular weight is 389 g/mol. The molecule has 0 radical (unpaired) electrons. The maximum atomic E-state index is 13.1. The van der Waals surface area contributed by atoms with E-state index in [1.165, 1.54) is 12.4 Å². The highest BCUT2D eigenvalue weighted by molar-refractivity contribution is 7.89. The third-order valence-electron chi connectivity index (χ3n) is 5.04. The van der Waals surface area contributed by atoms with E-state index < -0.39 is 10.0 Å². The Balaban J connectivity index is 1.96. The molecular formula is C18H21N4O4S+. The van der Waals surface area contributed by atoms with E-state index >= 15 is 0 Å². The predicted molar refractivity (Wildman–Crippen MR) is 99.2 cm³/mol. The first-order chi connectivity index (χ1) is 12.9. The van der Waals surface area contributed by atoms with Gasteiger partial charge in [0, 0.05) is 22.6 Å². The molecule has 0 unspecified atom stereocenters. The summed E-state index contributed by atoms with van der Waals surface area (Å²) in [6.45, 7) is 3.54. The van der Waals surface area contributed by atoms with Crippen LogP contribution in [0.25, 0.3) is 22.2 Å². The summed E-state index contributed by atoms with van der Waals surface area (Å²) in [5.41, 5.74) is 2.42. The van der Waals surface area contributed by atoms with E-state index in [1.807, 2.05) is 0 Å². The number of aryl methyl sites for hydroxylation is 2. The minimum atomic E-state index is -3.81. The molecular weight excluding hydrogens is 368 g/mol. The Kier molecular flexibility index (Phi) is 4.35. The Bertz CT molecular complexity index is 1150. The quantitative estimate of drug-likeness (QED) is 0.666. The Morgan fingerprint density at radius 3 is 2.67 bits per heavy atom. The van der Waals surface area contributed by atoms with Gasteiger partial charge in [0.25, 0.3) is 5.52 Å². The van der Waals surface area contributed by atoms with Crippen molar-refractivity contribution in [3.63, 3.8) is 0 Å². The van der Waals surface area contributed by atoms with Crippen LogP contribution in [0.1, 0.15) is 37.1 Å². The SMILES string of the molecule is Cc1noc(C)c1-c1cc(S(=O)(=O)NC2CCCC2)c2[nH]cc[n+](=O)c2c1. The second-order valence-corrected chi connectivity index (χ2v) is 8.64. The highest BCUT2D eigenvalue weighted by atomic mass is 32.2. The first-order valence-electron chi connectivity index (χ1n) is 8.90.